The van der Waals surface area contributed by atoms with Crippen LogP contribution in [0.2, 0.25) is 0 Å². The summed E-state index contributed by atoms with van der Waals surface area (Å²) in [6.45, 7) is 6.15. The molecule has 1 atom stereocenters. The lowest BCUT2D eigenvalue weighted by Crippen LogP contribution is -2.07. The average molecular weight is 509 g/mol. The molecule has 10 nitrogen and oxygen atoms in total. The second kappa shape index (κ2) is 10.8. The largest absolute Gasteiger partial charge is 0.493 e. The maximum absolute atomic E-state index is 6.36. The van der Waals surface area contributed by atoms with Gasteiger partial charge in [-0.1, -0.05) is 13.8 Å². The van der Waals surface area contributed by atoms with Gasteiger partial charge < -0.3 is 28.4 Å². The highest BCUT2D eigenvalue weighted by Gasteiger charge is 2.23. The number of aryl methyl sites for hydroxylation is 1. The molecule has 0 fully saturated rings. The zero-order chi connectivity index (χ0) is 26.7. The van der Waals surface area contributed by atoms with E-state index in [2.05, 4.69) is 13.8 Å². The predicted octanol–water partition coefficient (Wildman–Crippen LogP) is 5.45. The third-order valence-corrected chi connectivity index (χ3v) is 6.21. The molecule has 0 amide bonds. The second-order valence-corrected chi connectivity index (χ2v) is 8.40. The fourth-order valence-corrected chi connectivity index (χ4v) is 4.05. The van der Waals surface area contributed by atoms with Crippen LogP contribution < -0.4 is 28.4 Å². The Bertz CT molecular complexity index is 1390. The first kappa shape index (κ1) is 25.9. The van der Waals surface area contributed by atoms with Crippen LogP contribution in [0.3, 0.4) is 0 Å². The standard InChI is InChI=1S/C27H32N4O6/c1-9-15(2)26-28-16(3)23-27(37-18-13-21(34-6)24(36-8)22(14-18)35-7)29-25(30-31(23)26)17-10-11-19(32-4)20(12-17)33-5/h10-15H,9H2,1-8H3. The van der Waals surface area contributed by atoms with Gasteiger partial charge in [0.2, 0.25) is 11.6 Å². The Morgan fingerprint density at radius 3 is 2.03 bits per heavy atom. The number of ether oxygens (including phenoxy) is 6. The number of hydrogen-bond acceptors (Lipinski definition) is 9. The van der Waals surface area contributed by atoms with Gasteiger partial charge in [-0.25, -0.2) is 9.50 Å². The molecule has 4 aromatic rings. The number of benzene rings is 2. The van der Waals surface area contributed by atoms with E-state index in [4.69, 9.17) is 43.5 Å². The van der Waals surface area contributed by atoms with Crippen molar-refractivity contribution in [1.29, 1.82) is 0 Å². The van der Waals surface area contributed by atoms with E-state index in [9.17, 15) is 0 Å². The van der Waals surface area contributed by atoms with Crippen molar-refractivity contribution >= 4 is 5.52 Å². The molecular weight excluding hydrogens is 476 g/mol. The molecule has 1 unspecified atom stereocenters. The average Bonchev–Trinajstić information content (AvgIpc) is 3.27. The Morgan fingerprint density at radius 1 is 0.811 bits per heavy atom. The van der Waals surface area contributed by atoms with Gasteiger partial charge in [0.05, 0.1) is 41.2 Å². The van der Waals surface area contributed by atoms with Crippen LogP contribution in [0.1, 0.15) is 37.7 Å². The Morgan fingerprint density at radius 2 is 1.46 bits per heavy atom. The third kappa shape index (κ3) is 4.78. The van der Waals surface area contributed by atoms with Gasteiger partial charge >= 0.3 is 0 Å². The highest BCUT2D eigenvalue weighted by atomic mass is 16.5. The molecule has 2 aromatic heterocycles. The molecule has 0 aliphatic heterocycles. The Labute approximate surface area is 216 Å². The van der Waals surface area contributed by atoms with Gasteiger partial charge in [-0.05, 0) is 31.5 Å². The molecule has 37 heavy (non-hydrogen) atoms. The van der Waals surface area contributed by atoms with Crippen molar-refractivity contribution in [1.82, 2.24) is 19.6 Å². The summed E-state index contributed by atoms with van der Waals surface area (Å²) in [7, 11) is 7.84. The van der Waals surface area contributed by atoms with Crippen molar-refractivity contribution < 1.29 is 28.4 Å². The summed E-state index contributed by atoms with van der Waals surface area (Å²) in [6.07, 6.45) is 0.900. The van der Waals surface area contributed by atoms with Crippen molar-refractivity contribution in [2.24, 2.45) is 0 Å². The zero-order valence-electron chi connectivity index (χ0n) is 22.4. The number of methoxy groups -OCH3 is 5. The third-order valence-electron chi connectivity index (χ3n) is 6.21. The fourth-order valence-electron chi connectivity index (χ4n) is 4.05. The van der Waals surface area contributed by atoms with Gasteiger partial charge in [0, 0.05) is 23.6 Å². The molecule has 10 heteroatoms. The Hall–Kier alpha value is -4.21. The van der Waals surface area contributed by atoms with Crippen molar-refractivity contribution in [3.05, 3.63) is 41.9 Å². The van der Waals surface area contributed by atoms with E-state index in [1.807, 2.05) is 29.6 Å². The minimum Gasteiger partial charge on any atom is -0.493 e. The van der Waals surface area contributed by atoms with E-state index in [0.29, 0.717) is 51.7 Å². The van der Waals surface area contributed by atoms with Crippen LogP contribution >= 0.6 is 0 Å². The highest BCUT2D eigenvalue weighted by molar-refractivity contribution is 5.67. The summed E-state index contributed by atoms with van der Waals surface area (Å²) in [5.74, 6) is 4.82. The summed E-state index contributed by atoms with van der Waals surface area (Å²) >= 11 is 0. The smallest absolute Gasteiger partial charge is 0.249 e. The molecule has 0 aliphatic carbocycles. The Kier molecular flexibility index (Phi) is 7.56. The topological polar surface area (TPSA) is 98.5 Å². The van der Waals surface area contributed by atoms with Crippen LogP contribution in [-0.2, 0) is 0 Å². The predicted molar refractivity (Wildman–Crippen MR) is 139 cm³/mol. The lowest BCUT2D eigenvalue weighted by Gasteiger charge is -2.15. The van der Waals surface area contributed by atoms with E-state index in [1.165, 1.54) is 0 Å². The molecule has 0 spiro atoms. The van der Waals surface area contributed by atoms with E-state index in [-0.39, 0.29) is 5.92 Å². The first-order valence-electron chi connectivity index (χ1n) is 11.9. The maximum Gasteiger partial charge on any atom is 0.249 e. The molecule has 0 bridgehead atoms. The lowest BCUT2D eigenvalue weighted by molar-refractivity contribution is 0.320. The lowest BCUT2D eigenvalue weighted by atomic mass is 10.1. The number of nitrogens with zero attached hydrogens (tertiary/aromatic N) is 4. The van der Waals surface area contributed by atoms with Crippen molar-refractivity contribution in [3.63, 3.8) is 0 Å². The monoisotopic (exact) mass is 508 g/mol. The molecule has 0 N–H and O–H groups in total. The molecular formula is C27H32N4O6. The van der Waals surface area contributed by atoms with E-state index in [1.54, 1.807) is 47.7 Å². The van der Waals surface area contributed by atoms with E-state index < -0.39 is 0 Å². The highest BCUT2D eigenvalue weighted by Crippen LogP contribution is 2.43. The van der Waals surface area contributed by atoms with Gasteiger partial charge in [0.25, 0.3) is 0 Å². The van der Waals surface area contributed by atoms with E-state index in [0.717, 1.165) is 23.5 Å². The van der Waals surface area contributed by atoms with Crippen LogP contribution in [0.5, 0.6) is 40.4 Å². The normalized spacial score (nSPS) is 11.8. The first-order chi connectivity index (χ1) is 17.9. The number of aromatic nitrogens is 4. The first-order valence-corrected chi connectivity index (χ1v) is 11.9. The summed E-state index contributed by atoms with van der Waals surface area (Å²) in [4.78, 5) is 9.63. The summed E-state index contributed by atoms with van der Waals surface area (Å²) in [6, 6.07) is 8.96. The van der Waals surface area contributed by atoms with Crippen LogP contribution in [-0.4, -0.2) is 55.1 Å². The van der Waals surface area contributed by atoms with E-state index >= 15 is 0 Å². The number of imidazole rings is 1. The van der Waals surface area contributed by atoms with Gasteiger partial charge in [-0.15, -0.1) is 5.10 Å². The fraction of sp³-hybridized carbons (Fsp3) is 0.370. The summed E-state index contributed by atoms with van der Waals surface area (Å²) in [5.41, 5.74) is 2.17. The second-order valence-electron chi connectivity index (χ2n) is 8.40. The molecule has 196 valence electrons. The molecule has 0 saturated heterocycles. The number of fused-ring (bicyclic) bond motifs is 1. The molecule has 0 aliphatic rings. The zero-order valence-corrected chi connectivity index (χ0v) is 22.4. The van der Waals surface area contributed by atoms with Crippen LogP contribution in [0, 0.1) is 6.92 Å². The van der Waals surface area contributed by atoms with Crippen LogP contribution in [0.15, 0.2) is 30.3 Å². The maximum atomic E-state index is 6.36. The van der Waals surface area contributed by atoms with Crippen molar-refractivity contribution in [2.45, 2.75) is 33.1 Å². The van der Waals surface area contributed by atoms with Gasteiger partial charge in [0.1, 0.15) is 11.6 Å². The van der Waals surface area contributed by atoms with Crippen molar-refractivity contribution in [3.8, 4) is 51.8 Å². The van der Waals surface area contributed by atoms with Crippen molar-refractivity contribution in [2.75, 3.05) is 35.5 Å². The molecule has 2 aromatic carbocycles. The molecule has 0 saturated carbocycles. The minimum absolute atomic E-state index is 0.170. The van der Waals surface area contributed by atoms with Gasteiger partial charge in [0.15, 0.2) is 34.3 Å². The SMILES string of the molecule is CCC(C)c1nc(C)c2c(Oc3cc(OC)c(OC)c(OC)c3)nc(-c3ccc(OC)c(OC)c3)nn12. The van der Waals surface area contributed by atoms with Crippen LogP contribution in [0.25, 0.3) is 16.9 Å². The number of hydrogen-bond donors (Lipinski definition) is 0. The molecule has 0 radical (unpaired) electrons. The van der Waals surface area contributed by atoms with Gasteiger partial charge in [-0.3, -0.25) is 0 Å². The summed E-state index contributed by atoms with van der Waals surface area (Å²) < 4.78 is 35.5. The molecule has 4 rings (SSSR count). The minimum atomic E-state index is 0.170. The summed E-state index contributed by atoms with van der Waals surface area (Å²) in [5, 5.41) is 4.86. The quantitative estimate of drug-likeness (QED) is 0.277. The van der Waals surface area contributed by atoms with Gasteiger partial charge in [-0.2, -0.15) is 4.98 Å². The van der Waals surface area contributed by atoms with Crippen LogP contribution in [0.4, 0.5) is 0 Å². The molecule has 2 heterocycles. The Balaban J connectivity index is 1.94. The number of rotatable bonds is 10.